The number of phenols is 5. The molecular formula is C41H40O12. The van der Waals surface area contributed by atoms with E-state index in [-0.39, 0.29) is 56.9 Å². The Morgan fingerprint density at radius 2 is 1.36 bits per heavy atom. The number of aryl methyl sites for hydroxylation is 2. The minimum absolute atomic E-state index is 0.0505. The number of hydrogen-bond donors (Lipinski definition) is 6. The van der Waals surface area contributed by atoms with Crippen LogP contribution in [-0.2, 0) is 12.8 Å². The van der Waals surface area contributed by atoms with Gasteiger partial charge in [0.25, 0.3) is 0 Å². The molecule has 0 radical (unpaired) electrons. The van der Waals surface area contributed by atoms with Gasteiger partial charge in [-0.05, 0) is 94.7 Å². The molecule has 4 aromatic rings. The number of methoxy groups -OCH3 is 1. The van der Waals surface area contributed by atoms with Gasteiger partial charge in [0.15, 0.2) is 5.78 Å². The van der Waals surface area contributed by atoms with Gasteiger partial charge < -0.3 is 44.8 Å². The first-order chi connectivity index (χ1) is 24.8. The molecule has 0 bridgehead atoms. The fourth-order valence-electron chi connectivity index (χ4n) is 6.75. The molecule has 4 aromatic carbocycles. The largest absolute Gasteiger partial charge is 0.507 e. The van der Waals surface area contributed by atoms with Crippen molar-refractivity contribution in [3.8, 4) is 46.0 Å². The zero-order valence-electron chi connectivity index (χ0n) is 30.2. The number of ether oxygens (including phenoxy) is 3. The van der Waals surface area contributed by atoms with Gasteiger partial charge in [-0.1, -0.05) is 6.07 Å². The highest BCUT2D eigenvalue weighted by atomic mass is 16.5. The van der Waals surface area contributed by atoms with Crippen LogP contribution in [0.1, 0.15) is 97.7 Å². The van der Waals surface area contributed by atoms with Gasteiger partial charge in [-0.25, -0.2) is 0 Å². The number of Topliss-reactive ketones (excluding diaryl/α,β-unsaturated/α-hetero) is 1. The molecule has 2 heterocycles. The quantitative estimate of drug-likeness (QED) is 0.0937. The average Bonchev–Trinajstić information content (AvgIpc) is 3.07. The summed E-state index contributed by atoms with van der Waals surface area (Å²) in [6.45, 7) is 10.5. The molecule has 0 saturated heterocycles. The molecule has 276 valence electrons. The van der Waals surface area contributed by atoms with E-state index in [2.05, 4.69) is 0 Å². The molecule has 0 fully saturated rings. The highest BCUT2D eigenvalue weighted by Crippen LogP contribution is 2.46. The molecule has 12 nitrogen and oxygen atoms in total. The van der Waals surface area contributed by atoms with E-state index in [1.165, 1.54) is 19.9 Å². The molecule has 1 aliphatic carbocycles. The lowest BCUT2D eigenvalue weighted by molar-refractivity contribution is -0.0412. The Hall–Kier alpha value is -6.01. The highest BCUT2D eigenvalue weighted by Gasteiger charge is 2.40. The van der Waals surface area contributed by atoms with Crippen molar-refractivity contribution in [1.29, 1.82) is 0 Å². The van der Waals surface area contributed by atoms with Crippen LogP contribution in [0.15, 0.2) is 42.5 Å². The molecular weight excluding hydrogens is 684 g/mol. The standard InChI is InChI=1S/C25H28O6.C16H12O6/c1-24(2)9-8-16-20(30-24)7-6-14(23(16)29-5)11-18(26)17-10-15-12-22(28)25(3,4)31-21(15)13-19(17)27;1-5-3-7(17)9-11(13(5)19)15(21)10-8(18)4-6(2)14(20)12(10)16(9)22/h6-10,13,22,27-28H,11-12H2,1-5H3;3-4,17-20H,1-2H3. The molecule has 1 unspecified atom stereocenters. The third-order valence-corrected chi connectivity index (χ3v) is 9.73. The van der Waals surface area contributed by atoms with Gasteiger partial charge in [-0.3, -0.25) is 14.4 Å². The van der Waals surface area contributed by atoms with Crippen LogP contribution in [0.4, 0.5) is 0 Å². The molecule has 53 heavy (non-hydrogen) atoms. The molecule has 6 N–H and O–H groups in total. The third kappa shape index (κ3) is 6.29. The van der Waals surface area contributed by atoms with E-state index in [0.29, 0.717) is 34.8 Å². The first-order valence-corrected chi connectivity index (χ1v) is 16.8. The summed E-state index contributed by atoms with van der Waals surface area (Å²) in [6.07, 6.45) is 3.59. The van der Waals surface area contributed by atoms with Crippen LogP contribution in [0.3, 0.4) is 0 Å². The number of rotatable bonds is 4. The number of aromatic hydroxyl groups is 5. The van der Waals surface area contributed by atoms with Crippen molar-refractivity contribution in [3.63, 3.8) is 0 Å². The van der Waals surface area contributed by atoms with Crippen LogP contribution < -0.4 is 14.2 Å². The Labute approximate surface area is 305 Å². The van der Waals surface area contributed by atoms with E-state index in [1.54, 1.807) is 27.0 Å². The van der Waals surface area contributed by atoms with Crippen molar-refractivity contribution in [3.05, 3.63) is 98.1 Å². The number of ketones is 3. The van der Waals surface area contributed by atoms with Gasteiger partial charge in [0.05, 0.1) is 46.6 Å². The number of phenolic OH excluding ortho intramolecular Hbond substituents is 5. The maximum Gasteiger partial charge on any atom is 0.202 e. The Kier molecular flexibility index (Phi) is 8.94. The zero-order chi connectivity index (χ0) is 38.9. The minimum Gasteiger partial charge on any atom is -0.507 e. The van der Waals surface area contributed by atoms with Gasteiger partial charge in [0.2, 0.25) is 11.6 Å². The smallest absolute Gasteiger partial charge is 0.202 e. The molecule has 2 aliphatic heterocycles. The number of aliphatic hydroxyl groups excluding tert-OH is 1. The van der Waals surface area contributed by atoms with Gasteiger partial charge in [-0.2, -0.15) is 0 Å². The molecule has 0 amide bonds. The Bertz CT molecular complexity index is 2200. The minimum atomic E-state index is -0.825. The van der Waals surface area contributed by atoms with E-state index in [0.717, 1.165) is 17.7 Å². The van der Waals surface area contributed by atoms with Crippen molar-refractivity contribution < 1.29 is 59.2 Å². The van der Waals surface area contributed by atoms with Gasteiger partial charge in [0, 0.05) is 24.5 Å². The molecule has 7 rings (SSSR count). The van der Waals surface area contributed by atoms with Crippen LogP contribution >= 0.6 is 0 Å². The van der Waals surface area contributed by atoms with E-state index in [1.807, 2.05) is 38.1 Å². The zero-order valence-corrected chi connectivity index (χ0v) is 30.2. The summed E-state index contributed by atoms with van der Waals surface area (Å²) in [5.41, 5.74) is 0.175. The lowest BCUT2D eigenvalue weighted by atomic mass is 9.80. The topological polar surface area (TPSA) is 200 Å². The van der Waals surface area contributed by atoms with Crippen molar-refractivity contribution in [2.24, 2.45) is 0 Å². The van der Waals surface area contributed by atoms with Crippen molar-refractivity contribution >= 4 is 23.4 Å². The second kappa shape index (κ2) is 12.9. The van der Waals surface area contributed by atoms with E-state index >= 15 is 0 Å². The van der Waals surface area contributed by atoms with Gasteiger partial charge in [0.1, 0.15) is 57.2 Å². The number of carbonyl (C=O) groups is 3. The molecule has 3 aliphatic rings. The predicted molar refractivity (Wildman–Crippen MR) is 193 cm³/mol. The van der Waals surface area contributed by atoms with Crippen LogP contribution in [0, 0.1) is 13.8 Å². The molecule has 0 aromatic heterocycles. The Balaban J connectivity index is 0.000000192. The van der Waals surface area contributed by atoms with Crippen LogP contribution in [0.5, 0.6) is 46.0 Å². The monoisotopic (exact) mass is 724 g/mol. The average molecular weight is 725 g/mol. The first-order valence-electron chi connectivity index (χ1n) is 16.8. The number of fused-ring (bicyclic) bond motifs is 4. The predicted octanol–water partition coefficient (Wildman–Crippen LogP) is 5.99. The lowest BCUT2D eigenvalue weighted by Crippen LogP contribution is -2.46. The van der Waals surface area contributed by atoms with Crippen LogP contribution in [0.2, 0.25) is 0 Å². The molecule has 12 heteroatoms. The van der Waals surface area contributed by atoms with Gasteiger partial charge in [-0.15, -0.1) is 0 Å². The van der Waals surface area contributed by atoms with Crippen molar-refractivity contribution in [2.75, 3.05) is 7.11 Å². The fourth-order valence-corrected chi connectivity index (χ4v) is 6.75. The maximum atomic E-state index is 13.1. The summed E-state index contributed by atoms with van der Waals surface area (Å²) >= 11 is 0. The number of hydrogen-bond acceptors (Lipinski definition) is 12. The highest BCUT2D eigenvalue weighted by molar-refractivity contribution is 6.32. The Morgan fingerprint density at radius 3 is 1.91 bits per heavy atom. The Morgan fingerprint density at radius 1 is 0.792 bits per heavy atom. The lowest BCUT2D eigenvalue weighted by Gasteiger charge is -2.37. The molecule has 0 spiro atoms. The van der Waals surface area contributed by atoms with Crippen molar-refractivity contribution in [2.45, 2.75) is 71.7 Å². The summed E-state index contributed by atoms with van der Waals surface area (Å²) in [7, 11) is 1.56. The third-order valence-electron chi connectivity index (χ3n) is 9.73. The SMILES string of the molecule is COc1c(CC(=O)c2cc3c(cc2O)OC(C)(C)C(O)C3)ccc2c1C=CC(C)(C)O2.Cc1cc(O)c2c(c1O)C(=O)c1c(O)cc(C)c(O)c1C2=O. The fraction of sp³-hybridized carbons (Fsp3) is 0.293. The molecule has 0 saturated carbocycles. The summed E-state index contributed by atoms with van der Waals surface area (Å²) in [4.78, 5) is 38.2. The first kappa shape index (κ1) is 36.8. The normalized spacial score (nSPS) is 17.2. The molecule has 1 atom stereocenters. The van der Waals surface area contributed by atoms with Crippen LogP contribution in [0.25, 0.3) is 6.08 Å². The summed E-state index contributed by atoms with van der Waals surface area (Å²) < 4.78 is 17.4. The number of aliphatic hydroxyl groups is 1. The summed E-state index contributed by atoms with van der Waals surface area (Å²) in [5.74, 6) is -2.07. The number of benzene rings is 4. The van der Waals surface area contributed by atoms with Crippen LogP contribution in [-0.4, -0.2) is 72.4 Å². The van der Waals surface area contributed by atoms with Gasteiger partial charge >= 0.3 is 0 Å². The summed E-state index contributed by atoms with van der Waals surface area (Å²) in [6, 6.07) is 9.05. The van der Waals surface area contributed by atoms with E-state index < -0.39 is 51.9 Å². The van der Waals surface area contributed by atoms with E-state index in [4.69, 9.17) is 14.2 Å². The van der Waals surface area contributed by atoms with E-state index in [9.17, 15) is 45.0 Å². The second-order valence-electron chi connectivity index (χ2n) is 14.5. The number of carbonyl (C=O) groups excluding carboxylic acids is 3. The second-order valence-corrected chi connectivity index (χ2v) is 14.5. The van der Waals surface area contributed by atoms with Crippen molar-refractivity contribution in [1.82, 2.24) is 0 Å². The summed E-state index contributed by atoms with van der Waals surface area (Å²) in [5, 5.41) is 60.9. The maximum absolute atomic E-state index is 13.1.